The van der Waals surface area contributed by atoms with Gasteiger partial charge in [-0.3, -0.25) is 0 Å². The summed E-state index contributed by atoms with van der Waals surface area (Å²) in [7, 11) is 2.13. The van der Waals surface area contributed by atoms with Crippen LogP contribution in [0.5, 0.6) is 0 Å². The van der Waals surface area contributed by atoms with Gasteiger partial charge in [0.25, 0.3) is 0 Å². The molecule has 1 aromatic heterocycles. The van der Waals surface area contributed by atoms with E-state index in [-0.39, 0.29) is 0 Å². The summed E-state index contributed by atoms with van der Waals surface area (Å²) in [5.41, 5.74) is 3.04. The van der Waals surface area contributed by atoms with Gasteiger partial charge in [-0.15, -0.1) is 0 Å². The number of nitrogens with one attached hydrogen (secondary N) is 2. The molecule has 158 valence electrons. The van der Waals surface area contributed by atoms with Gasteiger partial charge in [-0.05, 0) is 44.0 Å². The summed E-state index contributed by atoms with van der Waals surface area (Å²) in [6, 6.07) is 20.4. The molecule has 2 N–H and O–H groups in total. The fourth-order valence-electron chi connectivity index (χ4n) is 3.09. The van der Waals surface area contributed by atoms with Gasteiger partial charge in [0.05, 0.1) is 6.54 Å². The fourth-order valence-corrected chi connectivity index (χ4v) is 3.09. The van der Waals surface area contributed by atoms with Crippen LogP contribution in [0, 0.1) is 0 Å². The van der Waals surface area contributed by atoms with Crippen LogP contribution >= 0.6 is 0 Å². The molecule has 0 fully saturated rings. The minimum atomic E-state index is 0.475. The Morgan fingerprint density at radius 2 is 1.73 bits per heavy atom. The molecule has 0 atom stereocenters. The van der Waals surface area contributed by atoms with Crippen molar-refractivity contribution in [3.63, 3.8) is 0 Å². The molecule has 0 radical (unpaired) electrons. The Labute approximate surface area is 179 Å². The molecular formula is C24H31N5O. The van der Waals surface area contributed by atoms with Crippen molar-refractivity contribution in [3.8, 4) is 11.5 Å². The van der Waals surface area contributed by atoms with Crippen molar-refractivity contribution in [2.24, 2.45) is 4.99 Å². The van der Waals surface area contributed by atoms with Crippen LogP contribution in [0.15, 0.2) is 76.3 Å². The summed E-state index contributed by atoms with van der Waals surface area (Å²) in [6.45, 7) is 5.26. The van der Waals surface area contributed by atoms with Gasteiger partial charge < -0.3 is 20.0 Å². The molecule has 0 aliphatic heterocycles. The summed E-state index contributed by atoms with van der Waals surface area (Å²) in [5.74, 6) is 1.43. The smallest absolute Gasteiger partial charge is 0.226 e. The molecule has 0 spiro atoms. The second-order valence-electron chi connectivity index (χ2n) is 7.10. The lowest BCUT2D eigenvalue weighted by atomic mass is 10.2. The average Bonchev–Trinajstić information content (AvgIpc) is 3.27. The molecule has 2 aromatic carbocycles. The number of aliphatic imine (C=N–C) groups is 1. The maximum absolute atomic E-state index is 5.59. The first kappa shape index (κ1) is 21.4. The summed E-state index contributed by atoms with van der Waals surface area (Å²) >= 11 is 0. The molecule has 0 bridgehead atoms. The van der Waals surface area contributed by atoms with Crippen LogP contribution in [0.1, 0.15) is 25.5 Å². The zero-order chi connectivity index (χ0) is 21.0. The third kappa shape index (κ3) is 6.65. The van der Waals surface area contributed by atoms with Crippen LogP contribution in [-0.4, -0.2) is 37.6 Å². The SMILES string of the molecule is CCNC(=NCc1coc(-c2ccccc2)n1)NCCCCN(C)c1ccccc1. The number of para-hydroxylation sites is 1. The Bertz CT molecular complexity index is 892. The van der Waals surface area contributed by atoms with E-state index in [0.717, 1.165) is 49.7 Å². The van der Waals surface area contributed by atoms with E-state index >= 15 is 0 Å². The lowest BCUT2D eigenvalue weighted by Crippen LogP contribution is -2.38. The Morgan fingerprint density at radius 3 is 2.47 bits per heavy atom. The van der Waals surface area contributed by atoms with E-state index in [9.17, 15) is 0 Å². The van der Waals surface area contributed by atoms with Crippen LogP contribution in [0.3, 0.4) is 0 Å². The number of aromatic nitrogens is 1. The average molecular weight is 406 g/mol. The van der Waals surface area contributed by atoms with Crippen LogP contribution < -0.4 is 15.5 Å². The maximum Gasteiger partial charge on any atom is 0.226 e. The summed E-state index contributed by atoms with van der Waals surface area (Å²) in [5, 5.41) is 6.69. The van der Waals surface area contributed by atoms with Crippen molar-refractivity contribution >= 4 is 11.6 Å². The Kier molecular flexibility index (Phi) is 8.33. The Morgan fingerprint density at radius 1 is 1.00 bits per heavy atom. The summed E-state index contributed by atoms with van der Waals surface area (Å²) in [4.78, 5) is 11.5. The molecule has 0 aliphatic rings. The van der Waals surface area contributed by atoms with Crippen molar-refractivity contribution < 1.29 is 4.42 Å². The predicted molar refractivity (Wildman–Crippen MR) is 124 cm³/mol. The first-order valence-electron chi connectivity index (χ1n) is 10.5. The predicted octanol–water partition coefficient (Wildman–Crippen LogP) is 4.31. The molecule has 0 saturated heterocycles. The van der Waals surface area contributed by atoms with Gasteiger partial charge in [0, 0.05) is 37.9 Å². The van der Waals surface area contributed by atoms with Gasteiger partial charge in [0.1, 0.15) is 12.0 Å². The Balaban J connectivity index is 1.43. The lowest BCUT2D eigenvalue weighted by molar-refractivity contribution is 0.572. The van der Waals surface area contributed by atoms with Gasteiger partial charge in [-0.25, -0.2) is 9.98 Å². The quantitative estimate of drug-likeness (QED) is 0.299. The summed E-state index contributed by atoms with van der Waals surface area (Å²) < 4.78 is 5.59. The number of unbranched alkanes of at least 4 members (excludes halogenated alkanes) is 1. The maximum atomic E-state index is 5.59. The van der Waals surface area contributed by atoms with Crippen LogP contribution in [0.25, 0.3) is 11.5 Å². The van der Waals surface area contributed by atoms with E-state index in [1.54, 1.807) is 6.26 Å². The second-order valence-corrected chi connectivity index (χ2v) is 7.10. The monoisotopic (exact) mass is 405 g/mol. The van der Waals surface area contributed by atoms with E-state index in [0.29, 0.717) is 12.4 Å². The van der Waals surface area contributed by atoms with Crippen molar-refractivity contribution in [2.45, 2.75) is 26.3 Å². The number of oxazole rings is 1. The highest BCUT2D eigenvalue weighted by molar-refractivity contribution is 5.79. The van der Waals surface area contributed by atoms with Crippen molar-refractivity contribution in [2.75, 3.05) is 31.6 Å². The van der Waals surface area contributed by atoms with Crippen molar-refractivity contribution in [1.82, 2.24) is 15.6 Å². The number of anilines is 1. The van der Waals surface area contributed by atoms with Gasteiger partial charge in [0.2, 0.25) is 5.89 Å². The largest absolute Gasteiger partial charge is 0.444 e. The van der Waals surface area contributed by atoms with E-state index in [4.69, 9.17) is 4.42 Å². The van der Waals surface area contributed by atoms with Gasteiger partial charge in [-0.1, -0.05) is 36.4 Å². The molecule has 3 rings (SSSR count). The number of hydrogen-bond acceptors (Lipinski definition) is 4. The molecule has 0 unspecified atom stereocenters. The van der Waals surface area contributed by atoms with Crippen LogP contribution in [0.4, 0.5) is 5.69 Å². The molecular weight excluding hydrogens is 374 g/mol. The topological polar surface area (TPSA) is 65.7 Å². The number of rotatable bonds is 10. The van der Waals surface area contributed by atoms with Crippen LogP contribution in [-0.2, 0) is 6.54 Å². The van der Waals surface area contributed by atoms with Crippen molar-refractivity contribution in [1.29, 1.82) is 0 Å². The third-order valence-corrected chi connectivity index (χ3v) is 4.73. The molecule has 3 aromatic rings. The van der Waals surface area contributed by atoms with Gasteiger partial charge >= 0.3 is 0 Å². The third-order valence-electron chi connectivity index (χ3n) is 4.73. The first-order valence-corrected chi connectivity index (χ1v) is 10.5. The fraction of sp³-hybridized carbons (Fsp3) is 0.333. The molecule has 1 heterocycles. The summed E-state index contributed by atoms with van der Waals surface area (Å²) in [6.07, 6.45) is 3.86. The number of hydrogen-bond donors (Lipinski definition) is 2. The number of nitrogens with zero attached hydrogens (tertiary/aromatic N) is 3. The molecule has 0 aliphatic carbocycles. The lowest BCUT2D eigenvalue weighted by Gasteiger charge is -2.19. The van der Waals surface area contributed by atoms with E-state index < -0.39 is 0 Å². The van der Waals surface area contributed by atoms with E-state index in [1.807, 2.05) is 36.4 Å². The highest BCUT2D eigenvalue weighted by atomic mass is 16.3. The van der Waals surface area contributed by atoms with E-state index in [1.165, 1.54) is 5.69 Å². The molecule has 0 saturated carbocycles. The molecule has 6 nitrogen and oxygen atoms in total. The van der Waals surface area contributed by atoms with Crippen molar-refractivity contribution in [3.05, 3.63) is 72.6 Å². The van der Waals surface area contributed by atoms with Gasteiger partial charge in [-0.2, -0.15) is 0 Å². The molecule has 6 heteroatoms. The molecule has 30 heavy (non-hydrogen) atoms. The van der Waals surface area contributed by atoms with Crippen LogP contribution in [0.2, 0.25) is 0 Å². The van der Waals surface area contributed by atoms with E-state index in [2.05, 4.69) is 63.7 Å². The number of guanidine groups is 1. The second kappa shape index (κ2) is 11.7. The minimum Gasteiger partial charge on any atom is -0.444 e. The number of benzene rings is 2. The van der Waals surface area contributed by atoms with Gasteiger partial charge in [0.15, 0.2) is 5.96 Å². The Hall–Kier alpha value is -3.28. The highest BCUT2D eigenvalue weighted by Gasteiger charge is 2.06. The zero-order valence-electron chi connectivity index (χ0n) is 17.8. The minimum absolute atomic E-state index is 0.475. The zero-order valence-corrected chi connectivity index (χ0v) is 17.8. The molecule has 0 amide bonds. The normalized spacial score (nSPS) is 11.3. The first-order chi connectivity index (χ1) is 14.8. The highest BCUT2D eigenvalue weighted by Crippen LogP contribution is 2.18. The standard InChI is InChI=1S/C24H31N5O/c1-3-25-24(26-16-10-11-17-29(2)22-14-8-5-9-15-22)27-18-21-19-30-23(28-21)20-12-6-4-7-13-20/h4-9,12-15,19H,3,10-11,16-18H2,1-2H3,(H2,25,26,27).